The first-order valence-electron chi connectivity index (χ1n) is 8.56. The standard InChI is InChI=1S/C16H24BrN5O3/c1-19-7-9-20(10-8-19)12-3-5-21(6-4-12)15-13(17)11-14(22(23)24)16(18-15)25-2/h11-12H,3-10H2,1-2H3. The minimum atomic E-state index is -0.472. The van der Waals surface area contributed by atoms with E-state index in [1.165, 1.54) is 13.2 Å². The van der Waals surface area contributed by atoms with E-state index in [2.05, 4.69) is 42.7 Å². The Morgan fingerprint density at radius 1 is 1.24 bits per heavy atom. The van der Waals surface area contributed by atoms with Crippen LogP contribution in [0.15, 0.2) is 10.5 Å². The van der Waals surface area contributed by atoms with Crippen LogP contribution in [0.5, 0.6) is 5.88 Å². The monoisotopic (exact) mass is 413 g/mol. The van der Waals surface area contributed by atoms with Crippen LogP contribution in [0.25, 0.3) is 0 Å². The van der Waals surface area contributed by atoms with E-state index in [1.54, 1.807) is 0 Å². The second-order valence-electron chi connectivity index (χ2n) is 6.64. The van der Waals surface area contributed by atoms with Crippen LogP contribution in [0.1, 0.15) is 12.8 Å². The number of hydrogen-bond acceptors (Lipinski definition) is 7. The third kappa shape index (κ3) is 4.04. The van der Waals surface area contributed by atoms with E-state index < -0.39 is 4.92 Å². The van der Waals surface area contributed by atoms with Crippen LogP contribution in [0.4, 0.5) is 11.5 Å². The number of ether oxygens (including phenoxy) is 1. The molecule has 0 unspecified atom stereocenters. The zero-order valence-electron chi connectivity index (χ0n) is 14.7. The lowest BCUT2D eigenvalue weighted by molar-refractivity contribution is -0.386. The maximum atomic E-state index is 11.1. The van der Waals surface area contributed by atoms with Crippen molar-refractivity contribution in [2.45, 2.75) is 18.9 Å². The Kier molecular flexibility index (Phi) is 5.75. The second kappa shape index (κ2) is 7.84. The normalized spacial score (nSPS) is 20.7. The molecule has 3 heterocycles. The number of hydrogen-bond donors (Lipinski definition) is 0. The number of halogens is 1. The van der Waals surface area contributed by atoms with Crippen molar-refractivity contribution in [1.82, 2.24) is 14.8 Å². The molecule has 2 aliphatic heterocycles. The molecule has 0 aliphatic carbocycles. The van der Waals surface area contributed by atoms with Crippen molar-refractivity contribution in [1.29, 1.82) is 0 Å². The van der Waals surface area contributed by atoms with Gasteiger partial charge in [0.15, 0.2) is 0 Å². The van der Waals surface area contributed by atoms with Crippen molar-refractivity contribution in [2.75, 3.05) is 58.3 Å². The van der Waals surface area contributed by atoms with Crippen molar-refractivity contribution in [2.24, 2.45) is 0 Å². The van der Waals surface area contributed by atoms with E-state index in [0.29, 0.717) is 10.5 Å². The molecule has 0 aromatic carbocycles. The zero-order chi connectivity index (χ0) is 18.0. The molecular weight excluding hydrogens is 390 g/mol. The molecule has 0 bridgehead atoms. The van der Waals surface area contributed by atoms with E-state index in [0.717, 1.165) is 57.9 Å². The molecule has 2 fully saturated rings. The van der Waals surface area contributed by atoms with Crippen LogP contribution in [-0.4, -0.2) is 79.2 Å². The van der Waals surface area contributed by atoms with Crippen LogP contribution < -0.4 is 9.64 Å². The molecule has 138 valence electrons. The number of piperazine rings is 1. The third-order valence-corrected chi connectivity index (χ3v) is 5.70. The van der Waals surface area contributed by atoms with E-state index in [9.17, 15) is 10.1 Å². The molecule has 0 saturated carbocycles. The highest BCUT2D eigenvalue weighted by Crippen LogP contribution is 2.35. The molecule has 1 aromatic rings. The molecule has 25 heavy (non-hydrogen) atoms. The molecular formula is C16H24BrN5O3. The molecule has 0 atom stereocenters. The fourth-order valence-electron chi connectivity index (χ4n) is 3.59. The maximum absolute atomic E-state index is 11.1. The first kappa shape index (κ1) is 18.3. The number of likely N-dealkylation sites (N-methyl/N-ethyl adjacent to an activating group) is 1. The van der Waals surface area contributed by atoms with Crippen molar-refractivity contribution < 1.29 is 9.66 Å². The average molecular weight is 414 g/mol. The lowest BCUT2D eigenvalue weighted by Gasteiger charge is -2.42. The predicted molar refractivity (Wildman–Crippen MR) is 99.4 cm³/mol. The third-order valence-electron chi connectivity index (χ3n) is 5.11. The second-order valence-corrected chi connectivity index (χ2v) is 7.49. The van der Waals surface area contributed by atoms with Gasteiger partial charge in [0.2, 0.25) is 0 Å². The molecule has 2 aliphatic rings. The molecule has 1 aromatic heterocycles. The quantitative estimate of drug-likeness (QED) is 0.551. The highest BCUT2D eigenvalue weighted by atomic mass is 79.9. The van der Waals surface area contributed by atoms with Gasteiger partial charge in [-0.05, 0) is 35.8 Å². The van der Waals surface area contributed by atoms with Crippen molar-refractivity contribution in [3.8, 4) is 5.88 Å². The number of pyridine rings is 1. The molecule has 0 N–H and O–H groups in total. The predicted octanol–water partition coefficient (Wildman–Crippen LogP) is 1.98. The van der Waals surface area contributed by atoms with Crippen LogP contribution in [0.2, 0.25) is 0 Å². The Morgan fingerprint density at radius 2 is 1.88 bits per heavy atom. The van der Waals surface area contributed by atoms with Crippen molar-refractivity contribution >= 4 is 27.4 Å². The van der Waals surface area contributed by atoms with E-state index in [1.807, 2.05) is 0 Å². The summed E-state index contributed by atoms with van der Waals surface area (Å²) < 4.78 is 5.74. The van der Waals surface area contributed by atoms with Crippen molar-refractivity contribution in [3.63, 3.8) is 0 Å². The number of rotatable bonds is 4. The SMILES string of the molecule is COc1nc(N2CCC(N3CCN(C)CC3)CC2)c(Br)cc1[N+](=O)[O-]. The molecule has 0 amide bonds. The first-order chi connectivity index (χ1) is 12.0. The number of methoxy groups -OCH3 is 1. The van der Waals surface area contributed by atoms with Crippen LogP contribution in [-0.2, 0) is 0 Å². The number of anilines is 1. The van der Waals surface area contributed by atoms with Crippen molar-refractivity contribution in [3.05, 3.63) is 20.7 Å². The smallest absolute Gasteiger partial charge is 0.332 e. The highest BCUT2D eigenvalue weighted by molar-refractivity contribution is 9.10. The number of piperidine rings is 1. The number of aromatic nitrogens is 1. The topological polar surface area (TPSA) is 75.0 Å². The lowest BCUT2D eigenvalue weighted by atomic mass is 10.0. The summed E-state index contributed by atoms with van der Waals surface area (Å²) in [6.07, 6.45) is 2.16. The van der Waals surface area contributed by atoms with Gasteiger partial charge in [-0.25, -0.2) is 0 Å². The first-order valence-corrected chi connectivity index (χ1v) is 9.35. The fourth-order valence-corrected chi connectivity index (χ4v) is 4.14. The minimum Gasteiger partial charge on any atom is -0.476 e. The summed E-state index contributed by atoms with van der Waals surface area (Å²) in [7, 11) is 3.58. The van der Waals surface area contributed by atoms with Crippen LogP contribution >= 0.6 is 15.9 Å². The Bertz CT molecular complexity index is 628. The minimum absolute atomic E-state index is 0.0596. The number of nitro groups is 1. The van der Waals surface area contributed by atoms with Crippen LogP contribution in [0, 0.1) is 10.1 Å². The lowest BCUT2D eigenvalue weighted by Crippen LogP contribution is -2.52. The van der Waals surface area contributed by atoms with Gasteiger partial charge in [-0.3, -0.25) is 15.0 Å². The summed E-state index contributed by atoms with van der Waals surface area (Å²) in [5, 5.41) is 11.1. The summed E-state index contributed by atoms with van der Waals surface area (Å²) in [5.41, 5.74) is -0.120. The van der Waals surface area contributed by atoms with Gasteiger partial charge >= 0.3 is 5.69 Å². The highest BCUT2D eigenvalue weighted by Gasteiger charge is 2.29. The van der Waals surface area contributed by atoms with E-state index in [-0.39, 0.29) is 11.6 Å². The van der Waals surface area contributed by atoms with Gasteiger partial charge in [-0.1, -0.05) is 0 Å². The summed E-state index contributed by atoms with van der Waals surface area (Å²) >= 11 is 3.43. The summed E-state index contributed by atoms with van der Waals surface area (Å²) in [4.78, 5) is 22.2. The Balaban J connectivity index is 1.67. The van der Waals surface area contributed by atoms with E-state index in [4.69, 9.17) is 4.74 Å². The summed E-state index contributed by atoms with van der Waals surface area (Å²) in [6, 6.07) is 2.09. The fraction of sp³-hybridized carbons (Fsp3) is 0.688. The van der Waals surface area contributed by atoms with Crippen LogP contribution in [0.3, 0.4) is 0 Å². The Morgan fingerprint density at radius 3 is 2.44 bits per heavy atom. The summed E-state index contributed by atoms with van der Waals surface area (Å²) in [6.45, 7) is 6.32. The van der Waals surface area contributed by atoms with E-state index >= 15 is 0 Å². The maximum Gasteiger partial charge on any atom is 0.332 e. The average Bonchev–Trinajstić information content (AvgIpc) is 2.62. The van der Waals surface area contributed by atoms with Gasteiger partial charge in [-0.2, -0.15) is 4.98 Å². The molecule has 0 spiro atoms. The Hall–Kier alpha value is -1.45. The van der Waals surface area contributed by atoms with Gasteiger partial charge in [-0.15, -0.1) is 0 Å². The zero-order valence-corrected chi connectivity index (χ0v) is 16.2. The van der Waals surface area contributed by atoms with Gasteiger partial charge in [0.25, 0.3) is 5.88 Å². The molecule has 8 nitrogen and oxygen atoms in total. The molecule has 9 heteroatoms. The van der Waals surface area contributed by atoms with Gasteiger partial charge < -0.3 is 14.5 Å². The molecule has 0 radical (unpaired) electrons. The van der Waals surface area contributed by atoms with Gasteiger partial charge in [0, 0.05) is 51.4 Å². The largest absolute Gasteiger partial charge is 0.476 e. The molecule has 3 rings (SSSR count). The number of nitrogens with zero attached hydrogens (tertiary/aromatic N) is 5. The molecule has 2 saturated heterocycles. The summed E-state index contributed by atoms with van der Waals surface area (Å²) in [5.74, 6) is 0.781. The Labute approximate surface area is 156 Å². The van der Waals surface area contributed by atoms with Gasteiger partial charge in [0.1, 0.15) is 5.82 Å². The van der Waals surface area contributed by atoms with Gasteiger partial charge in [0.05, 0.1) is 16.5 Å².